The molecule has 0 aliphatic heterocycles. The highest BCUT2D eigenvalue weighted by atomic mass is 19.4. The number of alkyl halides is 3. The lowest BCUT2D eigenvalue weighted by Crippen LogP contribution is -2.17. The Balaban J connectivity index is 2.38. The van der Waals surface area contributed by atoms with Crippen LogP contribution in [0.2, 0.25) is 0 Å². The molecule has 0 spiro atoms. The van der Waals surface area contributed by atoms with Gasteiger partial charge in [0.2, 0.25) is 0 Å². The quantitative estimate of drug-likeness (QED) is 0.853. The van der Waals surface area contributed by atoms with E-state index in [1.54, 1.807) is 0 Å². The number of hydrogen-bond acceptors (Lipinski definition) is 5. The first-order chi connectivity index (χ1) is 10.7. The highest BCUT2D eigenvalue weighted by Gasteiger charge is 2.31. The second kappa shape index (κ2) is 5.94. The minimum absolute atomic E-state index is 0.135. The van der Waals surface area contributed by atoms with Crippen LogP contribution in [-0.2, 0) is 11.2 Å². The third-order valence-electron chi connectivity index (χ3n) is 2.60. The van der Waals surface area contributed by atoms with E-state index in [1.165, 1.54) is 0 Å². The van der Waals surface area contributed by atoms with Gasteiger partial charge >= 0.3 is 18.3 Å². The van der Waals surface area contributed by atoms with Crippen molar-refractivity contribution in [1.29, 1.82) is 0 Å². The molecule has 0 radical (unpaired) electrons. The number of rotatable bonds is 5. The molecule has 23 heavy (non-hydrogen) atoms. The van der Waals surface area contributed by atoms with Gasteiger partial charge in [0.1, 0.15) is 5.75 Å². The number of benzene rings is 1. The Labute approximate surface area is 125 Å². The Morgan fingerprint density at radius 2 is 1.78 bits per heavy atom. The van der Waals surface area contributed by atoms with Gasteiger partial charge in [-0.15, -0.1) is 18.3 Å². The van der Waals surface area contributed by atoms with E-state index in [4.69, 9.17) is 10.2 Å². The van der Waals surface area contributed by atoms with Crippen molar-refractivity contribution in [3.05, 3.63) is 35.7 Å². The van der Waals surface area contributed by atoms with E-state index in [2.05, 4.69) is 15.0 Å². The molecule has 0 aliphatic carbocycles. The first kappa shape index (κ1) is 16.3. The van der Waals surface area contributed by atoms with E-state index in [-0.39, 0.29) is 11.4 Å². The third kappa shape index (κ3) is 3.96. The fourth-order valence-electron chi connectivity index (χ4n) is 1.77. The molecule has 2 N–H and O–H groups in total. The number of aliphatic carboxylic acids is 1. The van der Waals surface area contributed by atoms with Crippen LogP contribution in [0.5, 0.6) is 5.75 Å². The molecule has 122 valence electrons. The second-order valence-electron chi connectivity index (χ2n) is 4.21. The van der Waals surface area contributed by atoms with Crippen molar-refractivity contribution < 1.29 is 37.7 Å². The van der Waals surface area contributed by atoms with Crippen molar-refractivity contribution in [3.8, 4) is 11.4 Å². The molecule has 0 bridgehead atoms. The summed E-state index contributed by atoms with van der Waals surface area (Å²) < 4.78 is 40.9. The Kier molecular flexibility index (Phi) is 4.20. The van der Waals surface area contributed by atoms with Gasteiger partial charge in [0.05, 0.1) is 17.8 Å². The fraction of sp³-hybridized carbons (Fsp3) is 0.167. The monoisotopic (exact) mass is 331 g/mol. The van der Waals surface area contributed by atoms with Crippen LogP contribution in [0.1, 0.15) is 16.2 Å². The number of aromatic carboxylic acids is 1. The van der Waals surface area contributed by atoms with Crippen molar-refractivity contribution in [1.82, 2.24) is 15.0 Å². The zero-order valence-corrected chi connectivity index (χ0v) is 11.1. The molecule has 0 amide bonds. The van der Waals surface area contributed by atoms with Gasteiger partial charge in [0.25, 0.3) is 0 Å². The first-order valence-electron chi connectivity index (χ1n) is 5.93. The normalized spacial score (nSPS) is 11.3. The fourth-order valence-corrected chi connectivity index (χ4v) is 1.77. The smallest absolute Gasteiger partial charge is 0.481 e. The predicted octanol–water partition coefficient (Wildman–Crippen LogP) is 1.49. The maximum Gasteiger partial charge on any atom is 0.573 e. The zero-order valence-electron chi connectivity index (χ0n) is 11.1. The summed E-state index contributed by atoms with van der Waals surface area (Å²) >= 11 is 0. The topological polar surface area (TPSA) is 115 Å². The van der Waals surface area contributed by atoms with Crippen LogP contribution in [0.15, 0.2) is 24.3 Å². The van der Waals surface area contributed by atoms with Crippen LogP contribution < -0.4 is 4.74 Å². The number of hydrogen-bond donors (Lipinski definition) is 2. The molecular formula is C12H8F3N3O5. The number of ether oxygens (including phenoxy) is 1. The van der Waals surface area contributed by atoms with Crippen LogP contribution in [0.4, 0.5) is 13.2 Å². The van der Waals surface area contributed by atoms with E-state index in [1.807, 2.05) is 0 Å². The summed E-state index contributed by atoms with van der Waals surface area (Å²) in [5.74, 6) is -3.27. The Morgan fingerprint density at radius 3 is 2.26 bits per heavy atom. The first-order valence-corrected chi connectivity index (χ1v) is 5.93. The molecule has 0 unspecified atom stereocenters. The average molecular weight is 331 g/mol. The predicted molar refractivity (Wildman–Crippen MR) is 66.3 cm³/mol. The minimum atomic E-state index is -4.85. The van der Waals surface area contributed by atoms with Gasteiger partial charge in [-0.05, 0) is 24.3 Å². The summed E-state index contributed by atoms with van der Waals surface area (Å²) in [5.41, 5.74) is -0.631. The molecule has 2 aromatic rings. The van der Waals surface area contributed by atoms with Gasteiger partial charge in [-0.2, -0.15) is 0 Å². The van der Waals surface area contributed by atoms with E-state index in [0.717, 1.165) is 28.9 Å². The third-order valence-corrected chi connectivity index (χ3v) is 2.60. The summed E-state index contributed by atoms with van der Waals surface area (Å²) in [6, 6.07) is 4.28. The summed E-state index contributed by atoms with van der Waals surface area (Å²) in [6.07, 6.45) is -5.52. The Bertz CT molecular complexity index is 739. The number of carboxylic acids is 2. The molecule has 11 heteroatoms. The summed E-state index contributed by atoms with van der Waals surface area (Å²) in [4.78, 5) is 21.8. The van der Waals surface area contributed by atoms with E-state index >= 15 is 0 Å². The summed E-state index contributed by atoms with van der Waals surface area (Å²) in [6.45, 7) is 0. The van der Waals surface area contributed by atoms with Gasteiger partial charge in [0, 0.05) is 0 Å². The second-order valence-corrected chi connectivity index (χ2v) is 4.21. The number of carbonyl (C=O) groups is 2. The van der Waals surface area contributed by atoms with Gasteiger partial charge in [-0.3, -0.25) is 4.79 Å². The average Bonchev–Trinajstić information content (AvgIpc) is 2.80. The highest BCUT2D eigenvalue weighted by molar-refractivity contribution is 5.88. The number of carboxylic acid groups (broad SMARTS) is 2. The lowest BCUT2D eigenvalue weighted by molar-refractivity contribution is -0.274. The molecular weight excluding hydrogens is 323 g/mol. The van der Waals surface area contributed by atoms with Crippen LogP contribution in [0, 0.1) is 0 Å². The molecule has 1 aromatic carbocycles. The lowest BCUT2D eigenvalue weighted by atomic mass is 10.2. The summed E-state index contributed by atoms with van der Waals surface area (Å²) in [7, 11) is 0. The molecule has 1 heterocycles. The maximum atomic E-state index is 12.1. The van der Waals surface area contributed by atoms with Gasteiger partial charge in [-0.25, -0.2) is 9.48 Å². The van der Waals surface area contributed by atoms with E-state index in [0.29, 0.717) is 0 Å². The molecule has 8 nitrogen and oxygen atoms in total. The molecule has 2 rings (SSSR count). The van der Waals surface area contributed by atoms with Crippen LogP contribution in [-0.4, -0.2) is 43.5 Å². The van der Waals surface area contributed by atoms with Crippen molar-refractivity contribution in [2.24, 2.45) is 0 Å². The number of halogens is 3. The minimum Gasteiger partial charge on any atom is -0.481 e. The molecule has 0 aliphatic rings. The molecule has 0 atom stereocenters. The van der Waals surface area contributed by atoms with Gasteiger partial charge in [0.15, 0.2) is 5.69 Å². The Hall–Kier alpha value is -3.11. The molecule has 0 saturated heterocycles. The maximum absolute atomic E-state index is 12.1. The van der Waals surface area contributed by atoms with Gasteiger partial charge in [-0.1, -0.05) is 5.21 Å². The lowest BCUT2D eigenvalue weighted by Gasteiger charge is -2.10. The van der Waals surface area contributed by atoms with Crippen molar-refractivity contribution >= 4 is 11.9 Å². The van der Waals surface area contributed by atoms with Crippen LogP contribution in [0.25, 0.3) is 5.69 Å². The SMILES string of the molecule is O=C(O)Cc1c(C(=O)O)nnn1-c1ccc(OC(F)(F)F)cc1. The largest absolute Gasteiger partial charge is 0.573 e. The van der Waals surface area contributed by atoms with E-state index < -0.39 is 36.2 Å². The van der Waals surface area contributed by atoms with Crippen molar-refractivity contribution in [2.75, 3.05) is 0 Å². The molecule has 0 saturated carbocycles. The number of aromatic nitrogens is 3. The highest BCUT2D eigenvalue weighted by Crippen LogP contribution is 2.24. The molecule has 0 fully saturated rings. The van der Waals surface area contributed by atoms with Crippen molar-refractivity contribution in [3.63, 3.8) is 0 Å². The standard InChI is InChI=1S/C12H8F3N3O5/c13-12(14,15)23-7-3-1-6(2-4-7)18-8(5-9(19)20)10(11(21)22)16-17-18/h1-4H,5H2,(H,19,20)(H,21,22). The summed E-state index contributed by atoms with van der Waals surface area (Å²) in [5, 5.41) is 24.7. The number of nitrogens with zero attached hydrogens (tertiary/aromatic N) is 3. The van der Waals surface area contributed by atoms with Gasteiger partial charge < -0.3 is 14.9 Å². The zero-order chi connectivity index (χ0) is 17.2. The van der Waals surface area contributed by atoms with Crippen molar-refractivity contribution in [2.45, 2.75) is 12.8 Å². The Morgan fingerprint density at radius 1 is 1.17 bits per heavy atom. The van der Waals surface area contributed by atoms with Crippen LogP contribution >= 0.6 is 0 Å². The van der Waals surface area contributed by atoms with E-state index in [9.17, 15) is 22.8 Å². The molecule has 1 aromatic heterocycles. The van der Waals surface area contributed by atoms with Crippen LogP contribution in [0.3, 0.4) is 0 Å².